The van der Waals surface area contributed by atoms with E-state index in [0.29, 0.717) is 16.7 Å². The molecule has 3 aromatic rings. The lowest BCUT2D eigenvalue weighted by Gasteiger charge is -2.40. The smallest absolute Gasteiger partial charge is 0.306 e. The van der Waals surface area contributed by atoms with Crippen molar-refractivity contribution in [3.05, 3.63) is 48.5 Å². The van der Waals surface area contributed by atoms with Crippen molar-refractivity contribution >= 4 is 43.0 Å². The molecule has 4 rings (SSSR count). The van der Waals surface area contributed by atoms with Crippen molar-refractivity contribution in [3.8, 4) is 0 Å². The molecule has 1 fully saturated rings. The summed E-state index contributed by atoms with van der Waals surface area (Å²) < 4.78 is 20.4. The topological polar surface area (TPSA) is 155 Å². The maximum atomic E-state index is 12.9. The molecule has 0 spiro atoms. The maximum Gasteiger partial charge on any atom is 0.306 e. The third-order valence-electron chi connectivity index (χ3n) is 7.55. The first-order valence-electron chi connectivity index (χ1n) is 13.5. The van der Waals surface area contributed by atoms with Gasteiger partial charge in [0.15, 0.2) is 37.6 Å². The molecular formula is C28H37N5O7Si. The largest absolute Gasteiger partial charge is 0.455 e. The molecule has 13 heteroatoms. The van der Waals surface area contributed by atoms with Gasteiger partial charge in [-0.2, -0.15) is 0 Å². The molecule has 2 N–H and O–H groups in total. The van der Waals surface area contributed by atoms with Gasteiger partial charge in [0.25, 0.3) is 5.91 Å². The number of carbonyl (C=O) groups is 3. The summed E-state index contributed by atoms with van der Waals surface area (Å²) in [4.78, 5) is 50.2. The van der Waals surface area contributed by atoms with Gasteiger partial charge in [0.2, 0.25) is 0 Å². The Hall–Kier alpha value is -3.52. The van der Waals surface area contributed by atoms with E-state index in [4.69, 9.17) is 13.9 Å². The molecule has 1 aliphatic heterocycles. The van der Waals surface area contributed by atoms with Crippen molar-refractivity contribution in [2.75, 3.05) is 11.9 Å². The summed E-state index contributed by atoms with van der Waals surface area (Å²) in [7, 11) is -2.42. The molecule has 0 saturated carbocycles. The summed E-state index contributed by atoms with van der Waals surface area (Å²) in [5.41, 5.74) is 1.07. The molecule has 41 heavy (non-hydrogen) atoms. The van der Waals surface area contributed by atoms with Crippen LogP contribution in [0.25, 0.3) is 11.2 Å². The Morgan fingerprint density at radius 1 is 1.07 bits per heavy atom. The quantitative estimate of drug-likeness (QED) is 0.267. The van der Waals surface area contributed by atoms with E-state index < -0.39 is 38.8 Å². The lowest BCUT2D eigenvalue weighted by molar-refractivity contribution is -0.158. The highest BCUT2D eigenvalue weighted by atomic mass is 28.4. The van der Waals surface area contributed by atoms with Gasteiger partial charge in [-0.3, -0.25) is 14.2 Å². The number of nitrogens with one attached hydrogen (secondary N) is 1. The number of aliphatic hydroxyl groups is 1. The number of rotatable bonds is 10. The predicted octanol–water partition coefficient (Wildman–Crippen LogP) is 3.64. The van der Waals surface area contributed by atoms with Crippen LogP contribution in [0.5, 0.6) is 0 Å². The first-order valence-corrected chi connectivity index (χ1v) is 16.4. The number of nitrogens with zero attached hydrogens (tertiary/aromatic N) is 4. The number of anilines is 1. The number of aromatic nitrogens is 4. The van der Waals surface area contributed by atoms with Gasteiger partial charge in [-0.15, -0.1) is 0 Å². The summed E-state index contributed by atoms with van der Waals surface area (Å²) in [5.74, 6) is -0.886. The predicted molar refractivity (Wildman–Crippen MR) is 153 cm³/mol. The number of hydrogen-bond donors (Lipinski definition) is 2. The van der Waals surface area contributed by atoms with Crippen molar-refractivity contribution in [3.63, 3.8) is 0 Å². The van der Waals surface area contributed by atoms with Crippen LogP contribution in [-0.2, 0) is 23.5 Å². The molecule has 1 amide bonds. The molecule has 3 heterocycles. The summed E-state index contributed by atoms with van der Waals surface area (Å²) in [6.07, 6.45) is -0.840. The van der Waals surface area contributed by atoms with E-state index in [-0.39, 0.29) is 42.0 Å². The normalized spacial score (nSPS) is 21.1. The zero-order chi connectivity index (χ0) is 29.9. The molecule has 0 unspecified atom stereocenters. The van der Waals surface area contributed by atoms with Crippen molar-refractivity contribution < 1.29 is 33.4 Å². The molecule has 0 bridgehead atoms. The number of imidazole rings is 1. The van der Waals surface area contributed by atoms with Gasteiger partial charge in [-0.1, -0.05) is 39.0 Å². The molecule has 1 saturated heterocycles. The third-order valence-corrected chi connectivity index (χ3v) is 12.0. The Balaban J connectivity index is 1.70. The Kier molecular flexibility index (Phi) is 9.02. The number of ketones is 1. The SMILES string of the molecule is CC(=O)CCC(=O)O[C@@H]1[C@H](O[Si](C)(C)C(C)(C)C)[C@@H](CO)O[C@H]1n1cnc2c(NC(=O)c3ccccc3)ncnc21. The van der Waals surface area contributed by atoms with Gasteiger partial charge in [0, 0.05) is 12.0 Å². The minimum Gasteiger partial charge on any atom is -0.455 e. The van der Waals surface area contributed by atoms with Gasteiger partial charge < -0.3 is 29.1 Å². The van der Waals surface area contributed by atoms with E-state index in [1.807, 2.05) is 6.07 Å². The van der Waals surface area contributed by atoms with Crippen LogP contribution in [0.3, 0.4) is 0 Å². The summed E-state index contributed by atoms with van der Waals surface area (Å²) in [5, 5.41) is 12.9. The number of ether oxygens (including phenoxy) is 2. The summed E-state index contributed by atoms with van der Waals surface area (Å²) in [6, 6.07) is 8.69. The van der Waals surface area contributed by atoms with Crippen LogP contribution in [0, 0.1) is 0 Å². The van der Waals surface area contributed by atoms with E-state index in [2.05, 4.69) is 54.1 Å². The second-order valence-electron chi connectivity index (χ2n) is 11.6. The Labute approximate surface area is 239 Å². The van der Waals surface area contributed by atoms with Crippen molar-refractivity contribution in [2.45, 2.75) is 83.2 Å². The average Bonchev–Trinajstić information content (AvgIpc) is 3.49. The number of benzene rings is 1. The zero-order valence-electron chi connectivity index (χ0n) is 24.2. The van der Waals surface area contributed by atoms with Gasteiger partial charge in [0.1, 0.15) is 24.3 Å². The van der Waals surface area contributed by atoms with Crippen LogP contribution in [0.2, 0.25) is 18.1 Å². The highest BCUT2D eigenvalue weighted by Crippen LogP contribution is 2.42. The fraction of sp³-hybridized carbons (Fsp3) is 0.500. The van der Waals surface area contributed by atoms with Crippen molar-refractivity contribution in [2.24, 2.45) is 0 Å². The Morgan fingerprint density at radius 2 is 1.78 bits per heavy atom. The molecule has 220 valence electrons. The van der Waals surface area contributed by atoms with Crippen LogP contribution in [0.15, 0.2) is 43.0 Å². The van der Waals surface area contributed by atoms with E-state index >= 15 is 0 Å². The van der Waals surface area contributed by atoms with Gasteiger partial charge in [0.05, 0.1) is 19.4 Å². The Bertz CT molecular complexity index is 1410. The number of fused-ring (bicyclic) bond motifs is 1. The number of hydrogen-bond acceptors (Lipinski definition) is 10. The standard InChI is InChI=1S/C28H37N5O7Si/c1-17(35)12-13-20(36)39-23-22(40-41(5,6)28(2,3)4)19(14-34)38-27(23)33-16-31-21-24(29-15-30-25(21)33)32-26(37)18-10-8-7-9-11-18/h7-11,15-16,19,22-23,27,34H,12-14H2,1-6H3,(H,29,30,32,37)/t19-,22-,23-,27-/m1/s1. The molecule has 0 aliphatic carbocycles. The zero-order valence-corrected chi connectivity index (χ0v) is 25.2. The average molecular weight is 584 g/mol. The Morgan fingerprint density at radius 3 is 2.41 bits per heavy atom. The van der Waals surface area contributed by atoms with Gasteiger partial charge >= 0.3 is 5.97 Å². The molecule has 4 atom stereocenters. The number of aliphatic hydroxyl groups excluding tert-OH is 1. The van der Waals surface area contributed by atoms with Gasteiger partial charge in [-0.25, -0.2) is 15.0 Å². The van der Waals surface area contributed by atoms with Gasteiger partial charge in [-0.05, 0) is 37.2 Å². The highest BCUT2D eigenvalue weighted by Gasteiger charge is 2.52. The third kappa shape index (κ3) is 6.69. The molecule has 12 nitrogen and oxygen atoms in total. The first-order chi connectivity index (χ1) is 19.3. The van der Waals surface area contributed by atoms with Crippen LogP contribution >= 0.6 is 0 Å². The number of esters is 1. The second-order valence-corrected chi connectivity index (χ2v) is 16.4. The minimum atomic E-state index is -2.42. The van der Waals surface area contributed by atoms with Crippen LogP contribution < -0.4 is 5.32 Å². The first kappa shape index (κ1) is 30.4. The van der Waals surface area contributed by atoms with Crippen LogP contribution in [0.1, 0.15) is 57.1 Å². The van der Waals surface area contributed by atoms with E-state index in [0.717, 1.165) is 0 Å². The molecule has 0 radical (unpaired) electrons. The van der Waals surface area contributed by atoms with E-state index in [9.17, 15) is 19.5 Å². The number of Topliss-reactive ketones (excluding diaryl/α,β-unsaturated/α-hetero) is 1. The summed E-state index contributed by atoms with van der Waals surface area (Å²) >= 11 is 0. The maximum absolute atomic E-state index is 12.9. The minimum absolute atomic E-state index is 0.0416. The van der Waals surface area contributed by atoms with E-state index in [1.165, 1.54) is 19.6 Å². The van der Waals surface area contributed by atoms with Crippen LogP contribution in [0.4, 0.5) is 5.82 Å². The number of amides is 1. The van der Waals surface area contributed by atoms with E-state index in [1.54, 1.807) is 28.8 Å². The van der Waals surface area contributed by atoms with Crippen LogP contribution in [-0.4, -0.2) is 75.5 Å². The lowest BCUT2D eigenvalue weighted by atomic mass is 10.1. The molecular weight excluding hydrogens is 546 g/mol. The van der Waals surface area contributed by atoms with Crippen molar-refractivity contribution in [1.29, 1.82) is 0 Å². The summed E-state index contributed by atoms with van der Waals surface area (Å²) in [6.45, 7) is 11.4. The monoisotopic (exact) mass is 583 g/mol. The fourth-order valence-corrected chi connectivity index (χ4v) is 5.57. The number of carbonyl (C=O) groups excluding carboxylic acids is 3. The second kappa shape index (κ2) is 12.1. The molecule has 2 aromatic heterocycles. The molecule has 1 aromatic carbocycles. The fourth-order valence-electron chi connectivity index (χ4n) is 4.25. The van der Waals surface area contributed by atoms with Crippen molar-refractivity contribution in [1.82, 2.24) is 19.5 Å². The molecule has 1 aliphatic rings. The lowest BCUT2D eigenvalue weighted by Crippen LogP contribution is -2.50. The highest BCUT2D eigenvalue weighted by molar-refractivity contribution is 6.74.